The molecule has 4 rings (SSSR count). The molecule has 0 amide bonds. The lowest BCUT2D eigenvalue weighted by Gasteiger charge is -2.24. The van der Waals surface area contributed by atoms with Crippen LogP contribution in [0.15, 0.2) is 55.0 Å². The molecule has 0 radical (unpaired) electrons. The van der Waals surface area contributed by atoms with Crippen molar-refractivity contribution in [2.24, 2.45) is 0 Å². The summed E-state index contributed by atoms with van der Waals surface area (Å²) in [6.07, 6.45) is 8.32. The molecule has 2 aromatic heterocycles. The van der Waals surface area contributed by atoms with Gasteiger partial charge in [0.05, 0.1) is 0 Å². The van der Waals surface area contributed by atoms with Crippen molar-refractivity contribution in [3.8, 4) is 0 Å². The lowest BCUT2D eigenvalue weighted by atomic mass is 9.78. The van der Waals surface area contributed by atoms with Gasteiger partial charge in [0.2, 0.25) is 0 Å². The Morgan fingerprint density at radius 3 is 2.96 bits per heavy atom. The highest BCUT2D eigenvalue weighted by atomic mass is 19.1. The zero-order valence-electron chi connectivity index (χ0n) is 13.7. The number of allylic oxidation sites excluding steroid dienone is 1. The smallest absolute Gasteiger partial charge is 0.318 e. The molecule has 0 unspecified atom stereocenters. The minimum Gasteiger partial charge on any atom is -0.480 e. The Balaban J connectivity index is 1.85. The average Bonchev–Trinajstić information content (AvgIpc) is 3.24. The zero-order valence-corrected chi connectivity index (χ0v) is 13.7. The van der Waals surface area contributed by atoms with E-state index in [1.807, 2.05) is 28.9 Å². The summed E-state index contributed by atoms with van der Waals surface area (Å²) in [6, 6.07) is 8.55. The molecular weight excluding hydrogens is 319 g/mol. The molecule has 25 heavy (non-hydrogen) atoms. The summed E-state index contributed by atoms with van der Waals surface area (Å²) >= 11 is 0. The second-order valence-electron chi connectivity index (χ2n) is 6.47. The SMILES string of the molecule is Cc1c(F)cccc1[C@@]1(C(=O)O)C=C(c2ccn3ccnc3c2)CC1. The summed E-state index contributed by atoms with van der Waals surface area (Å²) < 4.78 is 15.9. The normalized spacial score (nSPS) is 20.0. The van der Waals surface area contributed by atoms with Crippen LogP contribution >= 0.6 is 0 Å². The number of benzene rings is 1. The fourth-order valence-corrected chi connectivity index (χ4v) is 3.70. The van der Waals surface area contributed by atoms with Crippen molar-refractivity contribution in [2.75, 3.05) is 0 Å². The second kappa shape index (κ2) is 5.55. The molecule has 1 aromatic carbocycles. The number of aromatic nitrogens is 2. The van der Waals surface area contributed by atoms with E-state index in [4.69, 9.17) is 0 Å². The monoisotopic (exact) mass is 336 g/mol. The lowest BCUT2D eigenvalue weighted by Crippen LogP contribution is -2.32. The first-order valence-corrected chi connectivity index (χ1v) is 8.15. The van der Waals surface area contributed by atoms with Crippen LogP contribution in [0.2, 0.25) is 0 Å². The molecule has 0 saturated carbocycles. The molecule has 0 aliphatic heterocycles. The van der Waals surface area contributed by atoms with Gasteiger partial charge in [-0.2, -0.15) is 0 Å². The number of pyridine rings is 1. The van der Waals surface area contributed by atoms with Gasteiger partial charge in [-0.1, -0.05) is 18.2 Å². The van der Waals surface area contributed by atoms with Crippen molar-refractivity contribution in [1.82, 2.24) is 9.38 Å². The first-order valence-electron chi connectivity index (χ1n) is 8.15. The summed E-state index contributed by atoms with van der Waals surface area (Å²) in [6.45, 7) is 1.64. The third kappa shape index (κ3) is 2.35. The fourth-order valence-electron chi connectivity index (χ4n) is 3.70. The summed E-state index contributed by atoms with van der Waals surface area (Å²) in [4.78, 5) is 16.4. The Bertz CT molecular complexity index is 1020. The van der Waals surface area contributed by atoms with E-state index < -0.39 is 11.4 Å². The van der Waals surface area contributed by atoms with E-state index in [1.54, 1.807) is 31.3 Å². The highest BCUT2D eigenvalue weighted by Crippen LogP contribution is 2.44. The highest BCUT2D eigenvalue weighted by molar-refractivity contribution is 5.90. The van der Waals surface area contributed by atoms with Crippen molar-refractivity contribution in [3.05, 3.63) is 77.5 Å². The third-order valence-electron chi connectivity index (χ3n) is 5.11. The van der Waals surface area contributed by atoms with E-state index in [1.165, 1.54) is 6.07 Å². The Hall–Kier alpha value is -2.95. The number of carbonyl (C=O) groups is 1. The van der Waals surface area contributed by atoms with E-state index >= 15 is 0 Å². The molecule has 1 N–H and O–H groups in total. The van der Waals surface area contributed by atoms with Gasteiger partial charge in [-0.3, -0.25) is 4.79 Å². The van der Waals surface area contributed by atoms with Crippen molar-refractivity contribution in [2.45, 2.75) is 25.2 Å². The molecule has 1 aliphatic rings. The number of halogens is 1. The molecule has 0 spiro atoms. The first-order chi connectivity index (χ1) is 12.0. The molecule has 5 heteroatoms. The topological polar surface area (TPSA) is 54.6 Å². The number of hydrogen-bond acceptors (Lipinski definition) is 2. The predicted molar refractivity (Wildman–Crippen MR) is 92.9 cm³/mol. The van der Waals surface area contributed by atoms with Gasteiger partial charge in [-0.15, -0.1) is 0 Å². The van der Waals surface area contributed by atoms with Crippen molar-refractivity contribution < 1.29 is 14.3 Å². The molecular formula is C20H17FN2O2. The van der Waals surface area contributed by atoms with E-state index in [0.717, 1.165) is 16.8 Å². The third-order valence-corrected chi connectivity index (χ3v) is 5.11. The molecule has 1 atom stereocenters. The fraction of sp³-hybridized carbons (Fsp3) is 0.200. The average molecular weight is 336 g/mol. The number of carboxylic acid groups (broad SMARTS) is 1. The van der Waals surface area contributed by atoms with Gasteiger partial charge in [-0.05, 0) is 60.2 Å². The molecule has 126 valence electrons. The molecule has 3 aromatic rings. The van der Waals surface area contributed by atoms with Crippen LogP contribution in [-0.4, -0.2) is 20.5 Å². The largest absolute Gasteiger partial charge is 0.480 e. The number of fused-ring (bicyclic) bond motifs is 1. The van der Waals surface area contributed by atoms with Crippen LogP contribution in [0.3, 0.4) is 0 Å². The van der Waals surface area contributed by atoms with Gasteiger partial charge in [-0.25, -0.2) is 9.37 Å². The van der Waals surface area contributed by atoms with Gasteiger partial charge in [0, 0.05) is 18.6 Å². The standard InChI is InChI=1S/C20H17FN2O2/c1-13-16(3-2-4-17(13)21)20(19(24)25)7-5-15(12-20)14-6-9-23-10-8-22-18(23)11-14/h2-4,6,8-12H,5,7H2,1H3,(H,24,25)/t20-/m0/s1. The van der Waals surface area contributed by atoms with Crippen LogP contribution in [0.25, 0.3) is 11.2 Å². The molecule has 0 fully saturated rings. The van der Waals surface area contributed by atoms with Gasteiger partial charge < -0.3 is 9.51 Å². The van der Waals surface area contributed by atoms with Crippen molar-refractivity contribution in [1.29, 1.82) is 0 Å². The molecule has 0 bridgehead atoms. The lowest BCUT2D eigenvalue weighted by molar-refractivity contribution is -0.141. The Morgan fingerprint density at radius 1 is 1.32 bits per heavy atom. The molecule has 1 aliphatic carbocycles. The number of rotatable bonds is 3. The summed E-state index contributed by atoms with van der Waals surface area (Å²) in [5.74, 6) is -1.32. The first kappa shape index (κ1) is 15.6. The Morgan fingerprint density at radius 2 is 2.16 bits per heavy atom. The maximum atomic E-state index is 14.0. The van der Waals surface area contributed by atoms with Crippen molar-refractivity contribution in [3.63, 3.8) is 0 Å². The summed E-state index contributed by atoms with van der Waals surface area (Å²) in [5, 5.41) is 9.95. The number of aliphatic carboxylic acids is 1. The van der Waals surface area contributed by atoms with Crippen LogP contribution in [0, 0.1) is 12.7 Å². The summed E-state index contributed by atoms with van der Waals surface area (Å²) in [5.41, 5.74) is 2.45. The molecule has 0 saturated heterocycles. The maximum absolute atomic E-state index is 14.0. The number of nitrogens with zero attached hydrogens (tertiary/aromatic N) is 2. The zero-order chi connectivity index (χ0) is 17.6. The summed E-state index contributed by atoms with van der Waals surface area (Å²) in [7, 11) is 0. The van der Waals surface area contributed by atoms with E-state index in [2.05, 4.69) is 4.98 Å². The number of imidazole rings is 1. The van der Waals surface area contributed by atoms with E-state index in [0.29, 0.717) is 24.0 Å². The number of hydrogen-bond donors (Lipinski definition) is 1. The maximum Gasteiger partial charge on any atom is 0.318 e. The minimum atomic E-state index is -1.19. The van der Waals surface area contributed by atoms with Gasteiger partial charge in [0.15, 0.2) is 0 Å². The minimum absolute atomic E-state index is 0.376. The van der Waals surface area contributed by atoms with Gasteiger partial charge in [0.25, 0.3) is 0 Å². The highest BCUT2D eigenvalue weighted by Gasteiger charge is 2.43. The predicted octanol–water partition coefficient (Wildman–Crippen LogP) is 3.98. The second-order valence-corrected chi connectivity index (χ2v) is 6.47. The van der Waals surface area contributed by atoms with Crippen LogP contribution in [0.4, 0.5) is 4.39 Å². The molecule has 4 nitrogen and oxygen atoms in total. The Kier molecular flexibility index (Phi) is 3.46. The van der Waals surface area contributed by atoms with Crippen LogP contribution < -0.4 is 0 Å². The Labute approximate surface area is 144 Å². The van der Waals surface area contributed by atoms with Gasteiger partial charge in [0.1, 0.15) is 16.9 Å². The van der Waals surface area contributed by atoms with Gasteiger partial charge >= 0.3 is 5.97 Å². The quantitative estimate of drug-likeness (QED) is 0.787. The van der Waals surface area contributed by atoms with E-state index in [9.17, 15) is 14.3 Å². The van der Waals surface area contributed by atoms with Crippen LogP contribution in [-0.2, 0) is 10.2 Å². The van der Waals surface area contributed by atoms with Crippen LogP contribution in [0.5, 0.6) is 0 Å². The van der Waals surface area contributed by atoms with E-state index in [-0.39, 0.29) is 5.82 Å². The number of carboxylic acids is 1. The van der Waals surface area contributed by atoms with Crippen molar-refractivity contribution >= 4 is 17.2 Å². The van der Waals surface area contributed by atoms with Crippen LogP contribution in [0.1, 0.15) is 29.5 Å². The molecule has 2 heterocycles.